The lowest BCUT2D eigenvalue weighted by Gasteiger charge is -2.59. The third-order valence-electron chi connectivity index (χ3n) is 11.2. The van der Waals surface area contributed by atoms with E-state index in [1.54, 1.807) is 12.1 Å². The largest absolute Gasteiger partial charge is 0.466 e. The number of hydrogen-bond acceptors (Lipinski definition) is 5. The summed E-state index contributed by atoms with van der Waals surface area (Å²) in [6.45, 7) is 9.51. The monoisotopic (exact) mass is 522 g/mol. The Morgan fingerprint density at radius 2 is 1.82 bits per heavy atom. The maximum Gasteiger partial charge on any atom is 0.338 e. The van der Waals surface area contributed by atoms with Gasteiger partial charge in [0, 0.05) is 12.8 Å². The summed E-state index contributed by atoms with van der Waals surface area (Å²) < 4.78 is 11.1. The molecule has 4 aliphatic carbocycles. The summed E-state index contributed by atoms with van der Waals surface area (Å²) in [5, 5.41) is 11.6. The predicted octanol–water partition coefficient (Wildman–Crippen LogP) is 6.74. The molecule has 1 aromatic rings. The average Bonchev–Trinajstić information content (AvgIpc) is 3.26. The van der Waals surface area contributed by atoms with Gasteiger partial charge in [0.25, 0.3) is 0 Å². The lowest BCUT2D eigenvalue weighted by molar-refractivity contribution is -0.143. The number of carbonyl (C=O) groups excluding carboxylic acids is 2. The van der Waals surface area contributed by atoms with Crippen molar-refractivity contribution in [3.8, 4) is 0 Å². The highest BCUT2D eigenvalue weighted by atomic mass is 16.5. The van der Waals surface area contributed by atoms with Gasteiger partial charge in [-0.3, -0.25) is 4.79 Å². The summed E-state index contributed by atoms with van der Waals surface area (Å²) in [5.74, 6) is 1.99. The Kier molecular flexibility index (Phi) is 7.79. The predicted molar refractivity (Wildman–Crippen MR) is 147 cm³/mol. The molecule has 9 atom stereocenters. The molecule has 0 radical (unpaired) electrons. The summed E-state index contributed by atoms with van der Waals surface area (Å²) >= 11 is 0. The first-order valence-corrected chi connectivity index (χ1v) is 15.0. The van der Waals surface area contributed by atoms with Crippen molar-refractivity contribution in [2.75, 3.05) is 6.61 Å². The minimum Gasteiger partial charge on any atom is -0.466 e. The normalized spacial score (nSPS) is 38.7. The van der Waals surface area contributed by atoms with Gasteiger partial charge in [0.2, 0.25) is 0 Å². The molecule has 4 aliphatic rings. The molecule has 0 aliphatic heterocycles. The highest BCUT2D eigenvalue weighted by Crippen LogP contribution is 2.67. The summed E-state index contributed by atoms with van der Waals surface area (Å²) in [6, 6.07) is 9.23. The molecule has 1 N–H and O–H groups in total. The minimum atomic E-state index is -0.440. The van der Waals surface area contributed by atoms with E-state index in [0.29, 0.717) is 42.3 Å². The molecule has 5 nitrogen and oxygen atoms in total. The van der Waals surface area contributed by atoms with Gasteiger partial charge < -0.3 is 14.6 Å². The van der Waals surface area contributed by atoms with E-state index in [9.17, 15) is 14.7 Å². The molecule has 5 heteroatoms. The molecule has 0 spiro atoms. The Morgan fingerprint density at radius 1 is 1.05 bits per heavy atom. The van der Waals surface area contributed by atoms with Crippen molar-refractivity contribution < 1.29 is 24.2 Å². The fourth-order valence-corrected chi connectivity index (χ4v) is 9.26. The highest BCUT2D eigenvalue weighted by molar-refractivity contribution is 5.89. The smallest absolute Gasteiger partial charge is 0.338 e. The van der Waals surface area contributed by atoms with E-state index >= 15 is 0 Å². The summed E-state index contributed by atoms with van der Waals surface area (Å²) in [7, 11) is 0. The zero-order valence-electron chi connectivity index (χ0n) is 23.7. The van der Waals surface area contributed by atoms with Crippen LogP contribution in [-0.4, -0.2) is 35.9 Å². The van der Waals surface area contributed by atoms with Crippen LogP contribution in [0.3, 0.4) is 0 Å². The highest BCUT2D eigenvalue weighted by Gasteiger charge is 2.61. The number of hydrogen-bond donors (Lipinski definition) is 1. The van der Waals surface area contributed by atoms with Crippen LogP contribution in [0.4, 0.5) is 0 Å². The van der Waals surface area contributed by atoms with Gasteiger partial charge in [0.1, 0.15) is 6.10 Å². The fraction of sp³-hybridized carbons (Fsp3) is 0.697. The second kappa shape index (κ2) is 10.8. The molecule has 208 valence electrons. The summed E-state index contributed by atoms with van der Waals surface area (Å²) in [4.78, 5) is 24.7. The molecule has 3 fully saturated rings. The van der Waals surface area contributed by atoms with E-state index in [4.69, 9.17) is 9.47 Å². The SMILES string of the molecule is CCOC(=O)CCC(C)[C@H]1CC[C@H]2[C@@H]3[C@@H](O)C=C4C[C@H](OC(=O)c5ccccc5)CC[C@]4(C)[C@H]3CC[C@]12C. The van der Waals surface area contributed by atoms with Crippen LogP contribution in [0, 0.1) is 40.4 Å². The van der Waals surface area contributed by atoms with Gasteiger partial charge in [0.15, 0.2) is 0 Å². The van der Waals surface area contributed by atoms with Crippen molar-refractivity contribution in [1.82, 2.24) is 0 Å². The van der Waals surface area contributed by atoms with Crippen LogP contribution in [0.5, 0.6) is 0 Å². The minimum absolute atomic E-state index is 0.0640. The molecule has 5 rings (SSSR count). The molecule has 1 aromatic carbocycles. The van der Waals surface area contributed by atoms with Crippen molar-refractivity contribution in [1.29, 1.82) is 0 Å². The molecule has 0 saturated heterocycles. The first-order chi connectivity index (χ1) is 18.2. The van der Waals surface area contributed by atoms with Crippen LogP contribution in [0.25, 0.3) is 0 Å². The lowest BCUT2D eigenvalue weighted by atomic mass is 9.46. The topological polar surface area (TPSA) is 72.8 Å². The van der Waals surface area contributed by atoms with Gasteiger partial charge in [-0.1, -0.05) is 50.6 Å². The molecule has 0 heterocycles. The Bertz CT molecular complexity index is 1050. The van der Waals surface area contributed by atoms with E-state index in [0.717, 1.165) is 32.1 Å². The maximum absolute atomic E-state index is 12.7. The van der Waals surface area contributed by atoms with Crippen molar-refractivity contribution in [2.45, 2.75) is 97.7 Å². The first-order valence-electron chi connectivity index (χ1n) is 15.0. The summed E-state index contributed by atoms with van der Waals surface area (Å²) in [5.41, 5.74) is 2.16. The van der Waals surface area contributed by atoms with Gasteiger partial charge in [-0.2, -0.15) is 0 Å². The zero-order valence-corrected chi connectivity index (χ0v) is 23.7. The summed E-state index contributed by atoms with van der Waals surface area (Å²) in [6.07, 6.45) is 10.2. The Labute approximate surface area is 228 Å². The Morgan fingerprint density at radius 3 is 2.55 bits per heavy atom. The molecular formula is C33H46O5. The molecule has 38 heavy (non-hydrogen) atoms. The van der Waals surface area contributed by atoms with Crippen molar-refractivity contribution in [2.24, 2.45) is 40.4 Å². The van der Waals surface area contributed by atoms with E-state index in [-0.39, 0.29) is 34.8 Å². The second-order valence-corrected chi connectivity index (χ2v) is 13.1. The molecule has 0 aromatic heterocycles. The van der Waals surface area contributed by atoms with Crippen LogP contribution < -0.4 is 0 Å². The van der Waals surface area contributed by atoms with Crippen molar-refractivity contribution >= 4 is 11.9 Å². The van der Waals surface area contributed by atoms with E-state index in [2.05, 4.69) is 26.8 Å². The number of aliphatic hydroxyl groups excluding tert-OH is 1. The van der Waals surface area contributed by atoms with Crippen LogP contribution in [0.15, 0.2) is 42.0 Å². The van der Waals surface area contributed by atoms with E-state index < -0.39 is 6.10 Å². The van der Waals surface area contributed by atoms with E-state index in [1.807, 2.05) is 25.1 Å². The van der Waals surface area contributed by atoms with Gasteiger partial charge in [-0.25, -0.2) is 4.79 Å². The lowest BCUT2D eigenvalue weighted by Crippen LogP contribution is -2.55. The number of rotatable bonds is 7. The van der Waals surface area contributed by atoms with Gasteiger partial charge in [-0.05, 0) is 104 Å². The molecule has 0 bridgehead atoms. The van der Waals surface area contributed by atoms with Gasteiger partial charge in [0.05, 0.1) is 18.3 Å². The number of benzene rings is 1. The van der Waals surface area contributed by atoms with E-state index in [1.165, 1.54) is 24.8 Å². The standard InChI is InChI=1S/C33H46O5/c1-5-37-29(35)14-11-21(2)25-12-13-26-30-27(16-18-33(25,26)4)32(3)17-15-24(19-23(32)20-28(30)34)38-31(36)22-9-7-6-8-10-22/h6-10,20-21,24-28,30,34H,5,11-19H2,1-4H3/t21?,24-,25-,26+,27+,28+,30+,32+,33-/m1/s1. The first kappa shape index (κ1) is 27.4. The van der Waals surface area contributed by atoms with Crippen LogP contribution in [-0.2, 0) is 14.3 Å². The Hall–Kier alpha value is -2.14. The zero-order chi connectivity index (χ0) is 27.1. The van der Waals surface area contributed by atoms with Gasteiger partial charge in [-0.15, -0.1) is 0 Å². The maximum atomic E-state index is 12.7. The fourth-order valence-electron chi connectivity index (χ4n) is 9.26. The molecular weight excluding hydrogens is 476 g/mol. The number of carbonyl (C=O) groups is 2. The Balaban J connectivity index is 1.29. The molecule has 3 saturated carbocycles. The third-order valence-corrected chi connectivity index (χ3v) is 11.2. The average molecular weight is 523 g/mol. The molecule has 0 amide bonds. The van der Waals surface area contributed by atoms with Crippen LogP contribution in [0.1, 0.15) is 95.8 Å². The van der Waals surface area contributed by atoms with Gasteiger partial charge >= 0.3 is 11.9 Å². The van der Waals surface area contributed by atoms with Crippen LogP contribution >= 0.6 is 0 Å². The molecule has 1 unspecified atom stereocenters. The van der Waals surface area contributed by atoms with Crippen molar-refractivity contribution in [3.05, 3.63) is 47.5 Å². The quantitative estimate of drug-likeness (QED) is 0.317. The second-order valence-electron chi connectivity index (χ2n) is 13.1. The van der Waals surface area contributed by atoms with Crippen molar-refractivity contribution in [3.63, 3.8) is 0 Å². The number of aliphatic hydroxyl groups is 1. The number of ether oxygens (including phenoxy) is 2. The van der Waals surface area contributed by atoms with Crippen LogP contribution in [0.2, 0.25) is 0 Å². The third kappa shape index (κ3) is 4.85. The number of esters is 2. The number of fused-ring (bicyclic) bond motifs is 5.